The lowest BCUT2D eigenvalue weighted by atomic mass is 10.1. The van der Waals surface area contributed by atoms with E-state index in [4.69, 9.17) is 17.3 Å². The zero-order valence-electron chi connectivity index (χ0n) is 7.28. The number of primary amides is 1. The van der Waals surface area contributed by atoms with Crippen molar-refractivity contribution in [3.8, 4) is 0 Å². The molecule has 1 aromatic rings. The molecule has 0 aliphatic rings. The van der Waals surface area contributed by atoms with Crippen LogP contribution in [-0.2, 0) is 0 Å². The van der Waals surface area contributed by atoms with Crippen molar-refractivity contribution < 1.29 is 9.72 Å². The van der Waals surface area contributed by atoms with Crippen molar-refractivity contribution in [2.45, 2.75) is 6.92 Å². The molecule has 0 saturated heterocycles. The fourth-order valence-electron chi connectivity index (χ4n) is 1.03. The van der Waals surface area contributed by atoms with Crippen LogP contribution < -0.4 is 5.73 Å². The molecule has 0 spiro atoms. The number of nitro groups is 1. The molecule has 74 valence electrons. The molecule has 0 radical (unpaired) electrons. The van der Waals surface area contributed by atoms with Crippen molar-refractivity contribution in [3.63, 3.8) is 0 Å². The molecule has 6 heteroatoms. The number of nitrogens with two attached hydrogens (primary N) is 1. The van der Waals surface area contributed by atoms with Crippen molar-refractivity contribution >= 4 is 23.2 Å². The normalized spacial score (nSPS) is 9.86. The number of nitro benzene ring substituents is 1. The molecule has 0 aromatic heterocycles. The second-order valence-corrected chi connectivity index (χ2v) is 3.13. The van der Waals surface area contributed by atoms with Gasteiger partial charge in [0.1, 0.15) is 0 Å². The first-order chi connectivity index (χ1) is 6.43. The maximum Gasteiger partial charge on any atom is 0.271 e. The molecule has 0 saturated carbocycles. The molecular weight excluding hydrogens is 208 g/mol. The Morgan fingerprint density at radius 3 is 2.57 bits per heavy atom. The number of hydrogen-bond donors (Lipinski definition) is 1. The molecule has 0 fully saturated rings. The van der Waals surface area contributed by atoms with Crippen molar-refractivity contribution in [1.82, 2.24) is 0 Å². The van der Waals surface area contributed by atoms with Crippen molar-refractivity contribution in [3.05, 3.63) is 38.4 Å². The second kappa shape index (κ2) is 3.63. The Morgan fingerprint density at radius 2 is 2.14 bits per heavy atom. The van der Waals surface area contributed by atoms with Crippen LogP contribution in [-0.4, -0.2) is 10.8 Å². The van der Waals surface area contributed by atoms with Crippen LogP contribution in [0.15, 0.2) is 12.1 Å². The third kappa shape index (κ3) is 1.82. The van der Waals surface area contributed by atoms with E-state index in [1.165, 1.54) is 6.07 Å². The van der Waals surface area contributed by atoms with Crippen LogP contribution >= 0.6 is 11.6 Å². The highest BCUT2D eigenvalue weighted by Crippen LogP contribution is 2.25. The summed E-state index contributed by atoms with van der Waals surface area (Å²) in [6.07, 6.45) is 0. The molecule has 1 amide bonds. The number of hydrogen-bond acceptors (Lipinski definition) is 3. The number of benzene rings is 1. The van der Waals surface area contributed by atoms with Crippen LogP contribution in [0.25, 0.3) is 0 Å². The number of carbonyl (C=O) groups is 1. The van der Waals surface area contributed by atoms with E-state index in [-0.39, 0.29) is 16.3 Å². The minimum Gasteiger partial charge on any atom is -0.366 e. The monoisotopic (exact) mass is 214 g/mol. The predicted octanol–water partition coefficient (Wildman–Crippen LogP) is 1.66. The number of carbonyl (C=O) groups excluding carboxylic acids is 1. The van der Waals surface area contributed by atoms with Gasteiger partial charge in [0, 0.05) is 12.1 Å². The van der Waals surface area contributed by atoms with Gasteiger partial charge in [-0.15, -0.1) is 0 Å². The highest BCUT2D eigenvalue weighted by Gasteiger charge is 2.15. The maximum atomic E-state index is 10.9. The average molecular weight is 215 g/mol. The Balaban J connectivity index is 3.43. The third-order valence-corrected chi connectivity index (χ3v) is 2.20. The first kappa shape index (κ1) is 10.5. The molecule has 0 unspecified atom stereocenters. The van der Waals surface area contributed by atoms with Gasteiger partial charge in [-0.25, -0.2) is 0 Å². The van der Waals surface area contributed by atoms with E-state index in [2.05, 4.69) is 0 Å². The van der Waals surface area contributed by atoms with E-state index >= 15 is 0 Å². The molecular formula is C8H7ClN2O3. The molecule has 0 aliphatic carbocycles. The topological polar surface area (TPSA) is 86.2 Å². The van der Waals surface area contributed by atoms with Gasteiger partial charge in [-0.05, 0) is 12.5 Å². The van der Waals surface area contributed by atoms with Crippen LogP contribution in [0.2, 0.25) is 5.02 Å². The Hall–Kier alpha value is -1.62. The number of nitrogens with zero attached hydrogens (tertiary/aromatic N) is 1. The standard InChI is InChI=1S/C8H7ClN2O3/c1-4-6(8(10)12)2-5(11(13)14)3-7(4)9/h2-3H,1H3,(H2,10,12). The Morgan fingerprint density at radius 1 is 1.57 bits per heavy atom. The summed E-state index contributed by atoms with van der Waals surface area (Å²) in [5.74, 6) is -0.729. The lowest BCUT2D eigenvalue weighted by molar-refractivity contribution is -0.384. The zero-order chi connectivity index (χ0) is 10.9. The molecule has 0 atom stereocenters. The Bertz CT molecular complexity index is 417. The fraction of sp³-hybridized carbons (Fsp3) is 0.125. The zero-order valence-corrected chi connectivity index (χ0v) is 8.04. The van der Waals surface area contributed by atoms with Crippen molar-refractivity contribution in [1.29, 1.82) is 0 Å². The summed E-state index contributed by atoms with van der Waals surface area (Å²) in [5, 5.41) is 10.6. The van der Waals surface area contributed by atoms with Crippen LogP contribution in [0.3, 0.4) is 0 Å². The van der Waals surface area contributed by atoms with E-state index < -0.39 is 10.8 Å². The highest BCUT2D eigenvalue weighted by molar-refractivity contribution is 6.32. The second-order valence-electron chi connectivity index (χ2n) is 2.72. The van der Waals surface area contributed by atoms with Crippen molar-refractivity contribution in [2.24, 2.45) is 5.73 Å². The molecule has 0 aliphatic heterocycles. The van der Waals surface area contributed by atoms with Crippen LogP contribution in [0.4, 0.5) is 5.69 Å². The molecule has 14 heavy (non-hydrogen) atoms. The van der Waals surface area contributed by atoms with Gasteiger partial charge in [-0.2, -0.15) is 0 Å². The lowest BCUT2D eigenvalue weighted by Gasteiger charge is -2.03. The van der Waals surface area contributed by atoms with Crippen molar-refractivity contribution in [2.75, 3.05) is 0 Å². The summed E-state index contributed by atoms with van der Waals surface area (Å²) in [6, 6.07) is 2.30. The predicted molar refractivity (Wildman–Crippen MR) is 51.4 cm³/mol. The summed E-state index contributed by atoms with van der Waals surface area (Å²) in [5.41, 5.74) is 5.31. The van der Waals surface area contributed by atoms with Gasteiger partial charge in [-0.1, -0.05) is 11.6 Å². The molecule has 1 aromatic carbocycles. The van der Waals surface area contributed by atoms with Gasteiger partial charge < -0.3 is 5.73 Å². The van der Waals surface area contributed by atoms with Gasteiger partial charge in [0.15, 0.2) is 0 Å². The SMILES string of the molecule is Cc1c(Cl)cc([N+](=O)[O-])cc1C(N)=O. The number of rotatable bonds is 2. The Labute approximate surface area is 84.6 Å². The Kier molecular flexibility index (Phi) is 2.71. The van der Waals surface area contributed by atoms with Gasteiger partial charge in [0.05, 0.1) is 15.5 Å². The van der Waals surface area contributed by atoms with E-state index in [0.29, 0.717) is 5.56 Å². The van der Waals surface area contributed by atoms with Gasteiger partial charge >= 0.3 is 0 Å². The summed E-state index contributed by atoms with van der Waals surface area (Å²) in [4.78, 5) is 20.7. The van der Waals surface area contributed by atoms with E-state index in [9.17, 15) is 14.9 Å². The smallest absolute Gasteiger partial charge is 0.271 e. The van der Waals surface area contributed by atoms with E-state index in [0.717, 1.165) is 6.07 Å². The van der Waals surface area contributed by atoms with E-state index in [1.54, 1.807) is 6.92 Å². The minimum atomic E-state index is -0.729. The first-order valence-electron chi connectivity index (χ1n) is 3.68. The van der Waals surface area contributed by atoms with Gasteiger partial charge in [0.2, 0.25) is 5.91 Å². The first-order valence-corrected chi connectivity index (χ1v) is 4.05. The third-order valence-electron chi connectivity index (χ3n) is 1.81. The maximum absolute atomic E-state index is 10.9. The fourth-order valence-corrected chi connectivity index (χ4v) is 1.24. The van der Waals surface area contributed by atoms with E-state index in [1.807, 2.05) is 0 Å². The quantitative estimate of drug-likeness (QED) is 0.600. The summed E-state index contributed by atoms with van der Waals surface area (Å²) < 4.78 is 0. The highest BCUT2D eigenvalue weighted by atomic mass is 35.5. The molecule has 0 heterocycles. The van der Waals surface area contributed by atoms with Gasteiger partial charge in [0.25, 0.3) is 5.69 Å². The summed E-state index contributed by atoms with van der Waals surface area (Å²) in [7, 11) is 0. The van der Waals surface area contributed by atoms with Crippen LogP contribution in [0, 0.1) is 17.0 Å². The average Bonchev–Trinajstić information content (AvgIpc) is 2.08. The molecule has 5 nitrogen and oxygen atoms in total. The number of amides is 1. The van der Waals surface area contributed by atoms with Gasteiger partial charge in [-0.3, -0.25) is 14.9 Å². The molecule has 2 N–H and O–H groups in total. The summed E-state index contributed by atoms with van der Waals surface area (Å²) in [6.45, 7) is 1.58. The lowest BCUT2D eigenvalue weighted by Crippen LogP contribution is -2.13. The van der Waals surface area contributed by atoms with Crippen LogP contribution in [0.5, 0.6) is 0 Å². The molecule has 0 bridgehead atoms. The number of non-ortho nitro benzene ring substituents is 1. The van der Waals surface area contributed by atoms with Crippen LogP contribution in [0.1, 0.15) is 15.9 Å². The summed E-state index contributed by atoms with van der Waals surface area (Å²) >= 11 is 5.69. The minimum absolute atomic E-state index is 0.0733. The number of halogens is 1. The molecule has 1 rings (SSSR count). The largest absolute Gasteiger partial charge is 0.366 e.